The molecule has 1 aromatic rings. The maximum Gasteiger partial charge on any atom is 0.327 e. The first-order valence-corrected chi connectivity index (χ1v) is 10.6. The quantitative estimate of drug-likeness (QED) is 0.434. The van der Waals surface area contributed by atoms with Crippen LogP contribution in [0.4, 0.5) is 16.2 Å². The second-order valence-corrected chi connectivity index (χ2v) is 8.11. The molecule has 7 nitrogen and oxygen atoms in total. The van der Waals surface area contributed by atoms with E-state index in [4.69, 9.17) is 5.73 Å². The van der Waals surface area contributed by atoms with Crippen LogP contribution in [-0.4, -0.2) is 78.5 Å². The largest absolute Gasteiger partial charge is 0.399 e. The van der Waals surface area contributed by atoms with E-state index in [1.165, 1.54) is 10.6 Å². The van der Waals surface area contributed by atoms with Crippen LogP contribution in [0, 0.1) is 0 Å². The van der Waals surface area contributed by atoms with Gasteiger partial charge in [-0.25, -0.2) is 4.79 Å². The number of unbranched alkanes of at least 4 members (excludes halogenated alkanes) is 1. The number of fused-ring (bicyclic) bond motifs is 1. The van der Waals surface area contributed by atoms with Crippen LogP contribution in [0.1, 0.15) is 32.1 Å². The minimum Gasteiger partial charge on any atom is -0.399 e. The van der Waals surface area contributed by atoms with Gasteiger partial charge in [-0.05, 0) is 56.8 Å². The zero-order valence-corrected chi connectivity index (χ0v) is 17.8. The summed E-state index contributed by atoms with van der Waals surface area (Å²) >= 11 is 0. The first-order valence-electron chi connectivity index (χ1n) is 10.6. The number of hydrogen-bond acceptors (Lipinski definition) is 5. The summed E-state index contributed by atoms with van der Waals surface area (Å²) in [5.74, 6) is 0.0282. The lowest BCUT2D eigenvalue weighted by Gasteiger charge is -2.36. The summed E-state index contributed by atoms with van der Waals surface area (Å²) in [5.41, 5.74) is 7.90. The number of rotatable bonds is 6. The van der Waals surface area contributed by atoms with Gasteiger partial charge in [-0.1, -0.05) is 6.07 Å². The van der Waals surface area contributed by atoms with Crippen molar-refractivity contribution in [1.82, 2.24) is 14.7 Å². The van der Waals surface area contributed by atoms with Crippen molar-refractivity contribution in [3.8, 4) is 0 Å². The summed E-state index contributed by atoms with van der Waals surface area (Å²) < 4.78 is 0. The number of piperazine rings is 1. The maximum atomic E-state index is 12.5. The van der Waals surface area contributed by atoms with Crippen molar-refractivity contribution in [3.05, 3.63) is 24.3 Å². The van der Waals surface area contributed by atoms with E-state index in [0.29, 0.717) is 6.54 Å². The first kappa shape index (κ1) is 21.7. The van der Waals surface area contributed by atoms with Gasteiger partial charge in [0.05, 0.1) is 0 Å². The number of anilines is 2. The molecule has 4 rings (SSSR count). The van der Waals surface area contributed by atoms with E-state index in [0.717, 1.165) is 77.1 Å². The Morgan fingerprint density at radius 1 is 0.966 bits per heavy atom. The normalized spacial score (nSPS) is 22.6. The average molecular weight is 422 g/mol. The molecular formula is C21H32ClN5O2. The van der Waals surface area contributed by atoms with E-state index >= 15 is 0 Å². The molecule has 0 spiro atoms. The van der Waals surface area contributed by atoms with Crippen LogP contribution in [0.3, 0.4) is 0 Å². The SMILES string of the molecule is Cl.Nc1cccc(N2CCN(CCCCN3C(=O)C4CCCCN4C3=O)CC2)c1. The summed E-state index contributed by atoms with van der Waals surface area (Å²) in [6.07, 6.45) is 4.80. The molecular weight excluding hydrogens is 390 g/mol. The number of nitrogen functional groups attached to an aromatic ring is 1. The van der Waals surface area contributed by atoms with E-state index in [1.54, 1.807) is 4.90 Å². The molecule has 3 heterocycles. The maximum absolute atomic E-state index is 12.5. The number of imide groups is 1. The van der Waals surface area contributed by atoms with E-state index in [9.17, 15) is 9.59 Å². The molecule has 0 radical (unpaired) electrons. The fourth-order valence-electron chi connectivity index (χ4n) is 4.61. The van der Waals surface area contributed by atoms with Gasteiger partial charge in [0.2, 0.25) is 0 Å². The Morgan fingerprint density at radius 3 is 2.45 bits per heavy atom. The summed E-state index contributed by atoms with van der Waals surface area (Å²) in [7, 11) is 0. The smallest absolute Gasteiger partial charge is 0.327 e. The van der Waals surface area contributed by atoms with Crippen molar-refractivity contribution >= 4 is 35.7 Å². The van der Waals surface area contributed by atoms with Crippen LogP contribution < -0.4 is 10.6 Å². The zero-order chi connectivity index (χ0) is 19.5. The number of benzene rings is 1. The first-order chi connectivity index (χ1) is 13.6. The molecule has 1 unspecified atom stereocenters. The number of carbonyl (C=O) groups is 2. The van der Waals surface area contributed by atoms with Crippen molar-refractivity contribution in [2.24, 2.45) is 0 Å². The summed E-state index contributed by atoms with van der Waals surface area (Å²) in [6, 6.07) is 7.83. The molecule has 160 valence electrons. The molecule has 2 N–H and O–H groups in total. The van der Waals surface area contributed by atoms with Crippen LogP contribution in [0.25, 0.3) is 0 Å². The Bertz CT molecular complexity index is 699. The fourth-order valence-corrected chi connectivity index (χ4v) is 4.61. The molecule has 3 saturated heterocycles. The average Bonchev–Trinajstić information content (AvgIpc) is 2.96. The molecule has 1 aromatic carbocycles. The predicted molar refractivity (Wildman–Crippen MR) is 117 cm³/mol. The molecule has 8 heteroatoms. The predicted octanol–water partition coefficient (Wildman–Crippen LogP) is 2.41. The van der Waals surface area contributed by atoms with Crippen molar-refractivity contribution < 1.29 is 9.59 Å². The van der Waals surface area contributed by atoms with Crippen molar-refractivity contribution in [2.75, 3.05) is 56.4 Å². The Labute approximate surface area is 179 Å². The topological polar surface area (TPSA) is 73.1 Å². The van der Waals surface area contributed by atoms with Crippen LogP contribution in [0.15, 0.2) is 24.3 Å². The van der Waals surface area contributed by atoms with E-state index in [1.807, 2.05) is 18.2 Å². The number of nitrogens with two attached hydrogens (primary N) is 1. The van der Waals surface area contributed by atoms with Crippen molar-refractivity contribution in [1.29, 1.82) is 0 Å². The van der Waals surface area contributed by atoms with E-state index < -0.39 is 0 Å². The molecule has 0 aromatic heterocycles. The van der Waals surface area contributed by atoms with Gasteiger partial charge in [-0.3, -0.25) is 14.6 Å². The second kappa shape index (κ2) is 9.67. The number of amides is 3. The lowest BCUT2D eigenvalue weighted by molar-refractivity contribution is -0.128. The molecule has 3 aliphatic rings. The van der Waals surface area contributed by atoms with Gasteiger partial charge in [0.1, 0.15) is 6.04 Å². The van der Waals surface area contributed by atoms with E-state index in [2.05, 4.69) is 15.9 Å². The number of halogens is 1. The molecule has 3 amide bonds. The standard InChI is InChI=1S/C21H31N5O2.ClH/c22-17-6-5-7-18(16-17)24-14-12-23(13-15-24)9-3-4-11-26-20(27)19-8-1-2-10-25(19)21(26)28;/h5-7,16,19H,1-4,8-15,22H2;1H. The van der Waals surface area contributed by atoms with Gasteiger partial charge in [0.25, 0.3) is 5.91 Å². The zero-order valence-electron chi connectivity index (χ0n) is 17.0. The van der Waals surface area contributed by atoms with Gasteiger partial charge in [0.15, 0.2) is 0 Å². The van der Waals surface area contributed by atoms with Crippen molar-refractivity contribution in [2.45, 2.75) is 38.1 Å². The number of piperidine rings is 1. The second-order valence-electron chi connectivity index (χ2n) is 8.11. The van der Waals surface area contributed by atoms with Crippen LogP contribution in [-0.2, 0) is 4.79 Å². The number of hydrogen-bond donors (Lipinski definition) is 1. The number of carbonyl (C=O) groups excluding carboxylic acids is 2. The Kier molecular flexibility index (Phi) is 7.24. The van der Waals surface area contributed by atoms with Crippen LogP contribution >= 0.6 is 12.4 Å². The van der Waals surface area contributed by atoms with Gasteiger partial charge in [-0.15, -0.1) is 12.4 Å². The molecule has 3 fully saturated rings. The van der Waals surface area contributed by atoms with Gasteiger partial charge >= 0.3 is 6.03 Å². The van der Waals surface area contributed by atoms with Gasteiger partial charge in [0, 0.05) is 50.6 Å². The lowest BCUT2D eigenvalue weighted by Crippen LogP contribution is -2.46. The minimum absolute atomic E-state index is 0. The molecule has 3 aliphatic heterocycles. The summed E-state index contributed by atoms with van der Waals surface area (Å²) in [4.78, 5) is 33.1. The highest BCUT2D eigenvalue weighted by molar-refractivity contribution is 6.04. The third-order valence-electron chi connectivity index (χ3n) is 6.24. The van der Waals surface area contributed by atoms with Gasteiger partial charge < -0.3 is 15.5 Å². The molecule has 1 atom stereocenters. The van der Waals surface area contributed by atoms with Crippen molar-refractivity contribution in [3.63, 3.8) is 0 Å². The van der Waals surface area contributed by atoms with Gasteiger partial charge in [-0.2, -0.15) is 0 Å². The monoisotopic (exact) mass is 421 g/mol. The Hall–Kier alpha value is -1.99. The Morgan fingerprint density at radius 2 is 1.72 bits per heavy atom. The third-order valence-corrected chi connectivity index (χ3v) is 6.24. The highest BCUT2D eigenvalue weighted by atomic mass is 35.5. The van der Waals surface area contributed by atoms with Crippen LogP contribution in [0.5, 0.6) is 0 Å². The summed E-state index contributed by atoms with van der Waals surface area (Å²) in [6.45, 7) is 6.40. The molecule has 29 heavy (non-hydrogen) atoms. The van der Waals surface area contributed by atoms with Crippen LogP contribution in [0.2, 0.25) is 0 Å². The Balaban J connectivity index is 0.00000240. The number of urea groups is 1. The highest BCUT2D eigenvalue weighted by Gasteiger charge is 2.45. The minimum atomic E-state index is -0.179. The van der Waals surface area contributed by atoms with E-state index in [-0.39, 0.29) is 30.4 Å². The molecule has 0 aliphatic carbocycles. The number of nitrogens with zero attached hydrogens (tertiary/aromatic N) is 4. The summed E-state index contributed by atoms with van der Waals surface area (Å²) in [5, 5.41) is 0. The fraction of sp³-hybridized carbons (Fsp3) is 0.619. The lowest BCUT2D eigenvalue weighted by atomic mass is 10.0. The third kappa shape index (κ3) is 4.78. The highest BCUT2D eigenvalue weighted by Crippen LogP contribution is 2.26. The molecule has 0 bridgehead atoms. The molecule has 0 saturated carbocycles.